The minimum Gasteiger partial charge on any atom is -0.491 e. The molecular formula is C17H19F3N4O5S2. The van der Waals surface area contributed by atoms with Crippen LogP contribution in [0.25, 0.3) is 17.0 Å². The number of pyridine rings is 1. The highest BCUT2D eigenvalue weighted by molar-refractivity contribution is 7.91. The number of hydrogen-bond donors (Lipinski definition) is 0. The Morgan fingerprint density at radius 1 is 1.23 bits per heavy atom. The zero-order chi connectivity index (χ0) is 22.1. The first kappa shape index (κ1) is 24.7. The summed E-state index contributed by atoms with van der Waals surface area (Å²) in [5.41, 5.74) is -1.11. The summed E-state index contributed by atoms with van der Waals surface area (Å²) >= 11 is 0. The largest absolute Gasteiger partial charge is 0.491 e. The van der Waals surface area contributed by atoms with Crippen LogP contribution < -0.4 is 4.74 Å². The van der Waals surface area contributed by atoms with E-state index >= 15 is 0 Å². The number of ether oxygens (including phenoxy) is 1. The smallest absolute Gasteiger partial charge is 0.433 e. The van der Waals surface area contributed by atoms with Gasteiger partial charge in [0, 0.05) is 35.4 Å². The van der Waals surface area contributed by atoms with E-state index in [0.717, 1.165) is 12.4 Å². The molecule has 14 heteroatoms. The molecule has 0 spiro atoms. The highest BCUT2D eigenvalue weighted by atomic mass is 32.2. The quantitative estimate of drug-likeness (QED) is 0.500. The summed E-state index contributed by atoms with van der Waals surface area (Å²) in [5, 5.41) is 0. The van der Waals surface area contributed by atoms with Gasteiger partial charge in [-0.3, -0.25) is 8.61 Å². The Hall–Kier alpha value is -2.58. The first-order chi connectivity index (χ1) is 14.0. The van der Waals surface area contributed by atoms with E-state index in [1.54, 1.807) is 0 Å². The van der Waals surface area contributed by atoms with Crippen molar-refractivity contribution in [2.75, 3.05) is 24.4 Å². The van der Waals surface area contributed by atoms with Crippen molar-refractivity contribution < 1.29 is 36.0 Å². The molecule has 31 heavy (non-hydrogen) atoms. The topological polar surface area (TPSA) is 135 Å². The van der Waals surface area contributed by atoms with Crippen LogP contribution in [-0.2, 0) is 26.8 Å². The molecule has 0 aliphatic heterocycles. The van der Waals surface area contributed by atoms with E-state index in [0.29, 0.717) is 0 Å². The summed E-state index contributed by atoms with van der Waals surface area (Å²) in [6.07, 6.45) is 0.460. The van der Waals surface area contributed by atoms with Gasteiger partial charge >= 0.3 is 6.18 Å². The number of rotatable bonds is 7. The van der Waals surface area contributed by atoms with Crippen LogP contribution in [-0.4, -0.2) is 61.8 Å². The third-order valence-electron chi connectivity index (χ3n) is 4.06. The number of imidazole rings is 1. The Morgan fingerprint density at radius 3 is 2.55 bits per heavy atom. The Labute approximate surface area is 178 Å². The van der Waals surface area contributed by atoms with Crippen molar-refractivity contribution >= 4 is 26.3 Å². The van der Waals surface area contributed by atoms with E-state index in [9.17, 15) is 25.8 Å². The lowest BCUT2D eigenvalue weighted by Gasteiger charge is -2.10. The van der Waals surface area contributed by atoms with Gasteiger partial charge in [-0.15, -0.1) is 0 Å². The molecule has 3 rings (SSSR count). The second-order valence-electron chi connectivity index (χ2n) is 6.21. The van der Waals surface area contributed by atoms with Gasteiger partial charge in [0.05, 0.1) is 29.2 Å². The summed E-state index contributed by atoms with van der Waals surface area (Å²) in [6, 6.07) is 2.04. The van der Waals surface area contributed by atoms with Crippen LogP contribution in [0.15, 0.2) is 35.7 Å². The molecule has 2 N–H and O–H groups in total. The fraction of sp³-hybridized carbons (Fsp3) is 0.353. The zero-order valence-corrected chi connectivity index (χ0v) is 18.0. The van der Waals surface area contributed by atoms with Gasteiger partial charge in [-0.1, -0.05) is 6.92 Å². The number of sulfone groups is 1. The van der Waals surface area contributed by atoms with Crippen molar-refractivity contribution in [2.24, 2.45) is 0 Å². The maximum Gasteiger partial charge on any atom is 0.433 e. The molecule has 9 nitrogen and oxygen atoms in total. The van der Waals surface area contributed by atoms with Gasteiger partial charge in [-0.2, -0.15) is 13.2 Å². The maximum atomic E-state index is 12.9. The van der Waals surface area contributed by atoms with Gasteiger partial charge in [-0.05, 0) is 0 Å². The van der Waals surface area contributed by atoms with Crippen molar-refractivity contribution in [3.05, 3.63) is 36.5 Å². The SMILES string of the molecule is CCS(=O)(=O)c1cc(OCCS(C)=O)cnc1-c1cn2cnc(C(F)(F)F)cc2n1.O. The van der Waals surface area contributed by atoms with Crippen molar-refractivity contribution in [3.8, 4) is 17.1 Å². The van der Waals surface area contributed by atoms with Crippen LogP contribution in [0, 0.1) is 0 Å². The molecule has 0 saturated carbocycles. The Balaban J connectivity index is 0.00000341. The van der Waals surface area contributed by atoms with Crippen molar-refractivity contribution in [1.29, 1.82) is 0 Å². The van der Waals surface area contributed by atoms with Crippen molar-refractivity contribution in [2.45, 2.75) is 18.0 Å². The lowest BCUT2D eigenvalue weighted by Crippen LogP contribution is -2.10. The lowest BCUT2D eigenvalue weighted by molar-refractivity contribution is -0.141. The average molecular weight is 480 g/mol. The van der Waals surface area contributed by atoms with Gasteiger partial charge in [0.15, 0.2) is 9.84 Å². The molecule has 0 bridgehead atoms. The summed E-state index contributed by atoms with van der Waals surface area (Å²) < 4.78 is 81.6. The molecule has 0 amide bonds. The number of nitrogens with zero attached hydrogens (tertiary/aromatic N) is 4. The number of halogens is 3. The molecule has 170 valence electrons. The zero-order valence-electron chi connectivity index (χ0n) is 16.4. The molecule has 3 aromatic rings. The fourth-order valence-corrected chi connectivity index (χ4v) is 3.90. The van der Waals surface area contributed by atoms with Gasteiger partial charge in [0.25, 0.3) is 0 Å². The molecule has 0 aromatic carbocycles. The predicted octanol–water partition coefficient (Wildman–Crippen LogP) is 1.54. The van der Waals surface area contributed by atoms with Gasteiger partial charge in [0.1, 0.15) is 34.8 Å². The van der Waals surface area contributed by atoms with Crippen LogP contribution in [0.3, 0.4) is 0 Å². The molecule has 1 atom stereocenters. The Morgan fingerprint density at radius 2 is 1.94 bits per heavy atom. The minimum atomic E-state index is -4.63. The Bertz CT molecular complexity index is 1210. The highest BCUT2D eigenvalue weighted by Crippen LogP contribution is 2.31. The molecule has 0 saturated heterocycles. The third kappa shape index (κ3) is 5.57. The number of hydrogen-bond acceptors (Lipinski definition) is 7. The second-order valence-corrected chi connectivity index (χ2v) is 10.0. The molecule has 3 heterocycles. The van der Waals surface area contributed by atoms with E-state index in [1.807, 2.05) is 0 Å². The monoisotopic (exact) mass is 480 g/mol. The van der Waals surface area contributed by atoms with E-state index in [4.69, 9.17) is 4.74 Å². The normalized spacial score (nSPS) is 13.1. The molecule has 1 unspecified atom stereocenters. The molecule has 0 radical (unpaired) electrons. The molecule has 0 fully saturated rings. The van der Waals surface area contributed by atoms with Gasteiger partial charge in [0.2, 0.25) is 0 Å². The van der Waals surface area contributed by atoms with E-state index in [2.05, 4.69) is 15.0 Å². The maximum absolute atomic E-state index is 12.9. The van der Waals surface area contributed by atoms with E-state index in [1.165, 1.54) is 36.0 Å². The molecular weight excluding hydrogens is 461 g/mol. The highest BCUT2D eigenvalue weighted by Gasteiger charge is 2.33. The standard InChI is InChI=1S/C17H17F3N4O4S2.H2O/c1-3-30(26,27)13-6-11(28-4-5-29(2)25)8-21-16(13)12-9-24-10-22-14(17(18,19)20)7-15(24)23-12;/h6-10H,3-5H2,1-2H3;1H2. The van der Waals surface area contributed by atoms with Gasteiger partial charge in [-0.25, -0.2) is 23.4 Å². The third-order valence-corrected chi connectivity index (χ3v) is 6.55. The van der Waals surface area contributed by atoms with E-state index < -0.39 is 32.5 Å². The average Bonchev–Trinajstić information content (AvgIpc) is 3.10. The Kier molecular flexibility index (Phi) is 7.39. The first-order valence-corrected chi connectivity index (χ1v) is 12.0. The minimum absolute atomic E-state index is 0. The van der Waals surface area contributed by atoms with Crippen LogP contribution in [0.4, 0.5) is 13.2 Å². The van der Waals surface area contributed by atoms with Crippen molar-refractivity contribution in [1.82, 2.24) is 19.4 Å². The van der Waals surface area contributed by atoms with Gasteiger partial charge < -0.3 is 10.2 Å². The molecule has 0 aliphatic rings. The second kappa shape index (κ2) is 9.28. The summed E-state index contributed by atoms with van der Waals surface area (Å²) in [7, 11) is -4.83. The fourth-order valence-electron chi connectivity index (χ4n) is 2.53. The predicted molar refractivity (Wildman–Crippen MR) is 107 cm³/mol. The van der Waals surface area contributed by atoms with E-state index in [-0.39, 0.29) is 51.3 Å². The molecule has 3 aromatic heterocycles. The summed E-state index contributed by atoms with van der Waals surface area (Å²) in [4.78, 5) is 11.4. The lowest BCUT2D eigenvalue weighted by atomic mass is 10.3. The summed E-state index contributed by atoms with van der Waals surface area (Å²) in [5.74, 6) is 0.205. The van der Waals surface area contributed by atoms with Crippen molar-refractivity contribution in [3.63, 3.8) is 0 Å². The number of fused-ring (bicyclic) bond motifs is 1. The van der Waals surface area contributed by atoms with Crippen LogP contribution in [0.2, 0.25) is 0 Å². The van der Waals surface area contributed by atoms with Crippen LogP contribution in [0.1, 0.15) is 12.6 Å². The summed E-state index contributed by atoms with van der Waals surface area (Å²) in [6.45, 7) is 1.56. The van der Waals surface area contributed by atoms with Crippen LogP contribution in [0.5, 0.6) is 5.75 Å². The molecule has 0 aliphatic carbocycles. The number of aromatic nitrogens is 4. The van der Waals surface area contributed by atoms with Crippen LogP contribution >= 0.6 is 0 Å². The number of alkyl halides is 3. The first-order valence-electron chi connectivity index (χ1n) is 8.59.